The molecule has 0 bridgehead atoms. The lowest BCUT2D eigenvalue weighted by Crippen LogP contribution is -2.32. The zero-order valence-corrected chi connectivity index (χ0v) is 42.4. The number of aliphatic imine (C=N–C) groups is 1. The van der Waals surface area contributed by atoms with E-state index in [0.717, 1.165) is 38.9 Å². The first-order chi connectivity index (χ1) is 31.8. The molecule has 0 spiro atoms. The summed E-state index contributed by atoms with van der Waals surface area (Å²) in [6.07, 6.45) is 18.8. The van der Waals surface area contributed by atoms with E-state index in [2.05, 4.69) is 55.2 Å². The molecule has 4 unspecified atom stereocenters. The zero-order valence-electron chi connectivity index (χ0n) is 39.2. The topological polar surface area (TPSA) is 160 Å². The molecule has 4 rings (SSSR count). The van der Waals surface area contributed by atoms with E-state index < -0.39 is 45.4 Å². The van der Waals surface area contributed by atoms with Crippen LogP contribution in [0.2, 0.25) is 0 Å². The number of carbonyl (C=O) groups is 3. The number of amides is 2. The fourth-order valence-corrected chi connectivity index (χ4v) is 10.1. The molecule has 0 saturated carbocycles. The molecule has 2 heterocycles. The standard InChI is InChI=1S/C48H65N3O11S4/c1-47(28-17-33-65(55)60-6,37-19-16-20-38(35-37)63-58-4)42(49-30-15-11-14-23-46(54)62-51-44(52)26-27-45(51)53)21-12-9-8-10-13-22-43-48(2,29-18-34-66(56)61-7)40-36-39(64-59-5)24-25-41(40)50(43)31-32-57-3/h8-10,12-13,16,19-22,24-25,35-36H,11,14-15,17-18,23,26-34H2,1-7H3/b9-8+,13-10+,21-12+,43-22+,49-42?. The van der Waals surface area contributed by atoms with Crippen molar-refractivity contribution in [2.24, 2.45) is 4.99 Å². The van der Waals surface area contributed by atoms with Crippen molar-refractivity contribution in [3.63, 3.8) is 0 Å². The Morgan fingerprint density at radius 1 is 0.833 bits per heavy atom. The molecule has 362 valence electrons. The van der Waals surface area contributed by atoms with E-state index in [0.29, 0.717) is 74.8 Å². The average molecular weight is 988 g/mol. The van der Waals surface area contributed by atoms with Gasteiger partial charge in [-0.25, -0.2) is 13.2 Å². The van der Waals surface area contributed by atoms with Crippen molar-refractivity contribution in [3.8, 4) is 0 Å². The number of benzene rings is 2. The largest absolute Gasteiger partial charge is 0.383 e. The second kappa shape index (κ2) is 28.6. The van der Waals surface area contributed by atoms with E-state index in [4.69, 9.17) is 31.3 Å². The van der Waals surface area contributed by atoms with Crippen molar-refractivity contribution in [1.82, 2.24) is 5.06 Å². The van der Waals surface area contributed by atoms with E-state index in [1.165, 1.54) is 43.9 Å². The van der Waals surface area contributed by atoms with Gasteiger partial charge in [-0.3, -0.25) is 22.9 Å². The predicted molar refractivity (Wildman–Crippen MR) is 264 cm³/mol. The van der Waals surface area contributed by atoms with Gasteiger partial charge in [0, 0.05) is 113 Å². The number of ether oxygens (including phenoxy) is 1. The molecule has 1 fully saturated rings. The highest BCUT2D eigenvalue weighted by Gasteiger charge is 2.43. The molecular formula is C48H65N3O11S4. The van der Waals surface area contributed by atoms with Gasteiger partial charge in [-0.2, -0.15) is 0 Å². The van der Waals surface area contributed by atoms with Gasteiger partial charge in [0.1, 0.15) is 0 Å². The molecule has 1 saturated heterocycles. The summed E-state index contributed by atoms with van der Waals surface area (Å²) in [6.45, 7) is 6.05. The van der Waals surface area contributed by atoms with E-state index in [1.807, 2.05) is 48.6 Å². The Balaban J connectivity index is 1.61. The van der Waals surface area contributed by atoms with Crippen LogP contribution in [0.5, 0.6) is 0 Å². The molecule has 4 atom stereocenters. The van der Waals surface area contributed by atoms with Crippen LogP contribution in [0.15, 0.2) is 105 Å². The monoisotopic (exact) mass is 987 g/mol. The van der Waals surface area contributed by atoms with Crippen LogP contribution in [0.1, 0.15) is 89.2 Å². The summed E-state index contributed by atoms with van der Waals surface area (Å²) in [7, 11) is 7.89. The molecule has 18 heteroatoms. The van der Waals surface area contributed by atoms with E-state index >= 15 is 0 Å². The summed E-state index contributed by atoms with van der Waals surface area (Å²) < 4.78 is 51.1. The number of hydrogen-bond donors (Lipinski definition) is 0. The first-order valence-electron chi connectivity index (χ1n) is 22.0. The summed E-state index contributed by atoms with van der Waals surface area (Å²) in [5.41, 5.74) is 4.27. The number of nitrogens with zero attached hydrogens (tertiary/aromatic N) is 3. The average Bonchev–Trinajstić information content (AvgIpc) is 3.74. The number of hydrogen-bond acceptors (Lipinski definition) is 15. The number of anilines is 1. The first kappa shape index (κ1) is 54.9. The Morgan fingerprint density at radius 2 is 1.50 bits per heavy atom. The van der Waals surface area contributed by atoms with E-state index in [1.54, 1.807) is 21.3 Å². The Hall–Kier alpha value is -3.72. The Kier molecular flexibility index (Phi) is 23.8. The molecule has 0 radical (unpaired) electrons. The van der Waals surface area contributed by atoms with Crippen molar-refractivity contribution in [2.75, 3.05) is 71.7 Å². The van der Waals surface area contributed by atoms with Gasteiger partial charge in [-0.1, -0.05) is 48.9 Å². The smallest absolute Gasteiger partial charge is 0.333 e. The maximum Gasteiger partial charge on any atom is 0.333 e. The zero-order chi connectivity index (χ0) is 48.0. The van der Waals surface area contributed by atoms with Gasteiger partial charge < -0.3 is 22.8 Å². The third kappa shape index (κ3) is 15.9. The summed E-state index contributed by atoms with van der Waals surface area (Å²) in [4.78, 5) is 50.5. The lowest BCUT2D eigenvalue weighted by molar-refractivity contribution is -0.197. The fraction of sp³-hybridized carbons (Fsp3) is 0.500. The minimum Gasteiger partial charge on any atom is -0.383 e. The molecule has 14 nitrogen and oxygen atoms in total. The summed E-state index contributed by atoms with van der Waals surface area (Å²) >= 11 is -0.171. The third-order valence-electron chi connectivity index (χ3n) is 11.4. The number of methoxy groups -OCH3 is 1. The minimum atomic E-state index is -1.41. The number of allylic oxidation sites excluding steroid dienone is 8. The number of carbonyl (C=O) groups excluding carboxylic acids is 3. The molecule has 0 N–H and O–H groups in total. The van der Waals surface area contributed by atoms with Crippen LogP contribution >= 0.6 is 24.1 Å². The third-order valence-corrected chi connectivity index (χ3v) is 14.7. The van der Waals surface area contributed by atoms with Gasteiger partial charge in [0.25, 0.3) is 11.8 Å². The van der Waals surface area contributed by atoms with Gasteiger partial charge in [-0.15, -0.1) is 5.06 Å². The molecular weight excluding hydrogens is 923 g/mol. The van der Waals surface area contributed by atoms with Gasteiger partial charge in [-0.05, 0) is 106 Å². The van der Waals surface area contributed by atoms with Crippen LogP contribution in [0.3, 0.4) is 0 Å². The quantitative estimate of drug-likeness (QED) is 0.0240. The van der Waals surface area contributed by atoms with Crippen LogP contribution in [0.25, 0.3) is 0 Å². The molecule has 2 aromatic carbocycles. The number of unbranched alkanes of at least 4 members (excludes halogenated alkanes) is 2. The molecule has 0 aliphatic carbocycles. The fourth-order valence-electron chi connectivity index (χ4n) is 7.99. The number of imide groups is 1. The molecule has 2 aliphatic heterocycles. The minimum absolute atomic E-state index is 0.0485. The first-order valence-corrected chi connectivity index (χ1v) is 25.9. The van der Waals surface area contributed by atoms with E-state index in [-0.39, 0.29) is 24.7 Å². The summed E-state index contributed by atoms with van der Waals surface area (Å²) in [5.74, 6) is -0.813. The van der Waals surface area contributed by atoms with Crippen molar-refractivity contribution < 1.29 is 49.1 Å². The Bertz CT molecular complexity index is 2130. The predicted octanol–water partition coefficient (Wildman–Crippen LogP) is 9.02. The Labute approximate surface area is 404 Å². The number of fused-ring (bicyclic) bond motifs is 1. The highest BCUT2D eigenvalue weighted by Crippen LogP contribution is 2.51. The molecule has 2 aromatic rings. The Morgan fingerprint density at radius 3 is 2.18 bits per heavy atom. The maximum atomic E-state index is 12.4. The molecule has 0 aromatic heterocycles. The second-order valence-electron chi connectivity index (χ2n) is 15.9. The molecule has 2 amide bonds. The van der Waals surface area contributed by atoms with Crippen molar-refractivity contribution in [3.05, 3.63) is 102 Å². The molecule has 2 aliphatic rings. The van der Waals surface area contributed by atoms with Crippen LogP contribution < -0.4 is 4.90 Å². The maximum absolute atomic E-state index is 12.4. The second-order valence-corrected chi connectivity index (χ2v) is 20.5. The van der Waals surface area contributed by atoms with Gasteiger partial charge >= 0.3 is 5.97 Å². The molecule has 66 heavy (non-hydrogen) atoms. The number of rotatable bonds is 30. The van der Waals surface area contributed by atoms with Crippen molar-refractivity contribution >= 4 is 75.4 Å². The normalized spacial score (nSPS) is 19.2. The van der Waals surface area contributed by atoms with Gasteiger partial charge in [0.2, 0.25) is 0 Å². The van der Waals surface area contributed by atoms with Crippen molar-refractivity contribution in [2.45, 2.75) is 98.7 Å². The van der Waals surface area contributed by atoms with Gasteiger partial charge in [0.15, 0.2) is 22.2 Å². The number of hydroxylamine groups is 2. The van der Waals surface area contributed by atoms with Crippen LogP contribution in [0.4, 0.5) is 5.69 Å². The lowest BCUT2D eigenvalue weighted by atomic mass is 9.74. The lowest BCUT2D eigenvalue weighted by Gasteiger charge is -2.31. The SMILES string of the molecule is COCCN1/C(=C/C=C/C=C/C=C/C(=NCCCCCC(=O)ON2C(=O)CCC2=O)C(C)(CCCS(=O)OC)c2cccc(SOC)c2)C(C)(CCCS(=O)OC)c2cc(SOC)ccc21. The highest BCUT2D eigenvalue weighted by molar-refractivity contribution is 7.94. The summed E-state index contributed by atoms with van der Waals surface area (Å²) in [6, 6.07) is 14.5. The highest BCUT2D eigenvalue weighted by atomic mass is 32.2. The van der Waals surface area contributed by atoms with Gasteiger partial charge in [0.05, 0.1) is 35.0 Å². The summed E-state index contributed by atoms with van der Waals surface area (Å²) in [5, 5.41) is 0.579. The van der Waals surface area contributed by atoms with E-state index in [9.17, 15) is 22.8 Å². The van der Waals surface area contributed by atoms with Crippen LogP contribution in [0, 0.1) is 0 Å². The van der Waals surface area contributed by atoms with Crippen molar-refractivity contribution in [1.29, 1.82) is 0 Å². The van der Waals surface area contributed by atoms with Crippen LogP contribution in [-0.2, 0) is 73.7 Å². The van der Waals surface area contributed by atoms with Crippen LogP contribution in [-0.4, -0.2) is 104 Å².